The second-order valence-electron chi connectivity index (χ2n) is 4.32. The molecule has 0 bridgehead atoms. The van der Waals surface area contributed by atoms with Gasteiger partial charge in [0.2, 0.25) is 5.91 Å². The van der Waals surface area contributed by atoms with Crippen LogP contribution in [0.1, 0.15) is 39.5 Å². The van der Waals surface area contributed by atoms with Crippen molar-refractivity contribution in [2.45, 2.75) is 45.6 Å². The first-order chi connectivity index (χ1) is 6.65. The minimum absolute atomic E-state index is 0.0205. The van der Waals surface area contributed by atoms with Gasteiger partial charge in [0.05, 0.1) is 0 Å². The summed E-state index contributed by atoms with van der Waals surface area (Å²) in [4.78, 5) is 13.4. The third kappa shape index (κ3) is 2.98. The lowest BCUT2D eigenvalue weighted by Gasteiger charge is -2.35. The average molecular weight is 198 g/mol. The van der Waals surface area contributed by atoms with E-state index < -0.39 is 0 Å². The normalized spacial score (nSPS) is 26.0. The van der Waals surface area contributed by atoms with Crippen LogP contribution in [0.5, 0.6) is 0 Å². The molecule has 1 saturated heterocycles. The molecule has 1 heterocycles. The first kappa shape index (κ1) is 11.5. The molecule has 1 fully saturated rings. The van der Waals surface area contributed by atoms with Gasteiger partial charge >= 0.3 is 0 Å². The molecule has 2 N–H and O–H groups in total. The molecule has 82 valence electrons. The summed E-state index contributed by atoms with van der Waals surface area (Å²) in [6, 6.07) is 0.580. The quantitative estimate of drug-likeness (QED) is 0.741. The number of amides is 1. The fourth-order valence-electron chi connectivity index (χ4n) is 2.27. The third-order valence-corrected chi connectivity index (χ3v) is 3.27. The number of likely N-dealkylation sites (tertiary alicyclic amines) is 1. The van der Waals surface area contributed by atoms with Crippen molar-refractivity contribution in [1.82, 2.24) is 4.90 Å². The van der Waals surface area contributed by atoms with E-state index in [0.717, 1.165) is 13.0 Å². The van der Waals surface area contributed by atoms with Crippen LogP contribution in [-0.4, -0.2) is 29.9 Å². The highest BCUT2D eigenvalue weighted by Crippen LogP contribution is 2.22. The Kier molecular flexibility index (Phi) is 4.39. The van der Waals surface area contributed by atoms with Crippen molar-refractivity contribution in [1.29, 1.82) is 0 Å². The molecule has 3 nitrogen and oxygen atoms in total. The molecule has 14 heavy (non-hydrogen) atoms. The standard InChI is InChI=1S/C11H22N2O/c1-3-13-7-5-4-6-10(13)8-9(2)11(12)14/h9-10H,3-8H2,1-2H3,(H2,12,14). The summed E-state index contributed by atoms with van der Waals surface area (Å²) in [5, 5.41) is 0. The Hall–Kier alpha value is -0.570. The summed E-state index contributed by atoms with van der Waals surface area (Å²) in [6.07, 6.45) is 4.76. The van der Waals surface area contributed by atoms with Crippen molar-refractivity contribution in [2.24, 2.45) is 11.7 Å². The van der Waals surface area contributed by atoms with Gasteiger partial charge in [-0.2, -0.15) is 0 Å². The molecule has 0 aromatic rings. The van der Waals surface area contributed by atoms with E-state index in [9.17, 15) is 4.79 Å². The van der Waals surface area contributed by atoms with E-state index in [1.807, 2.05) is 6.92 Å². The molecule has 1 amide bonds. The van der Waals surface area contributed by atoms with Gasteiger partial charge in [-0.15, -0.1) is 0 Å². The summed E-state index contributed by atoms with van der Waals surface area (Å²) >= 11 is 0. The Balaban J connectivity index is 2.44. The fourth-order valence-corrected chi connectivity index (χ4v) is 2.27. The molecule has 3 heteroatoms. The number of primary amides is 1. The number of hydrogen-bond donors (Lipinski definition) is 1. The molecular formula is C11H22N2O. The number of carbonyl (C=O) groups excluding carboxylic acids is 1. The second-order valence-corrected chi connectivity index (χ2v) is 4.32. The zero-order valence-electron chi connectivity index (χ0n) is 9.33. The zero-order chi connectivity index (χ0) is 10.6. The van der Waals surface area contributed by atoms with Crippen LogP contribution in [-0.2, 0) is 4.79 Å². The molecule has 1 aliphatic heterocycles. The maximum Gasteiger partial charge on any atom is 0.220 e. The van der Waals surface area contributed by atoms with Crippen LogP contribution < -0.4 is 5.73 Å². The Morgan fingerprint density at radius 1 is 1.57 bits per heavy atom. The van der Waals surface area contributed by atoms with Gasteiger partial charge < -0.3 is 10.6 Å². The van der Waals surface area contributed by atoms with Gasteiger partial charge in [0, 0.05) is 12.0 Å². The molecule has 2 atom stereocenters. The fraction of sp³-hybridized carbons (Fsp3) is 0.909. The Labute approximate surface area is 86.6 Å². The van der Waals surface area contributed by atoms with E-state index >= 15 is 0 Å². The molecule has 0 saturated carbocycles. The molecule has 0 aromatic heterocycles. The summed E-state index contributed by atoms with van der Waals surface area (Å²) in [5.74, 6) is -0.140. The minimum Gasteiger partial charge on any atom is -0.369 e. The van der Waals surface area contributed by atoms with Gasteiger partial charge in [-0.3, -0.25) is 4.79 Å². The van der Waals surface area contributed by atoms with Crippen molar-refractivity contribution >= 4 is 5.91 Å². The summed E-state index contributed by atoms with van der Waals surface area (Å²) < 4.78 is 0. The van der Waals surface area contributed by atoms with Gasteiger partial charge in [-0.1, -0.05) is 20.3 Å². The number of piperidine rings is 1. The van der Waals surface area contributed by atoms with Crippen LogP contribution in [0.3, 0.4) is 0 Å². The lowest BCUT2D eigenvalue weighted by molar-refractivity contribution is -0.122. The third-order valence-electron chi connectivity index (χ3n) is 3.27. The summed E-state index contributed by atoms with van der Waals surface area (Å²) in [7, 11) is 0. The highest BCUT2D eigenvalue weighted by atomic mass is 16.1. The number of carbonyl (C=O) groups is 1. The first-order valence-corrected chi connectivity index (χ1v) is 5.68. The van der Waals surface area contributed by atoms with Crippen molar-refractivity contribution in [2.75, 3.05) is 13.1 Å². The van der Waals surface area contributed by atoms with E-state index in [2.05, 4.69) is 11.8 Å². The molecule has 0 aliphatic carbocycles. The van der Waals surface area contributed by atoms with Gasteiger partial charge in [0.15, 0.2) is 0 Å². The number of rotatable bonds is 4. The van der Waals surface area contributed by atoms with Crippen LogP contribution in [0.4, 0.5) is 0 Å². The Bertz CT molecular complexity index is 194. The summed E-state index contributed by atoms with van der Waals surface area (Å²) in [5.41, 5.74) is 5.28. The lowest BCUT2D eigenvalue weighted by Crippen LogP contribution is -2.41. The molecule has 0 aromatic carbocycles. The van der Waals surface area contributed by atoms with Gasteiger partial charge in [-0.25, -0.2) is 0 Å². The lowest BCUT2D eigenvalue weighted by atomic mass is 9.93. The second kappa shape index (κ2) is 5.35. The van der Waals surface area contributed by atoms with Gasteiger partial charge in [0.25, 0.3) is 0 Å². The highest BCUT2D eigenvalue weighted by molar-refractivity contribution is 5.76. The molecule has 1 rings (SSSR count). The topological polar surface area (TPSA) is 46.3 Å². The molecule has 2 unspecified atom stereocenters. The molecule has 0 radical (unpaired) electrons. The molecular weight excluding hydrogens is 176 g/mol. The molecule has 1 aliphatic rings. The van der Waals surface area contributed by atoms with Crippen LogP contribution in [0.25, 0.3) is 0 Å². The van der Waals surface area contributed by atoms with E-state index in [-0.39, 0.29) is 11.8 Å². The average Bonchev–Trinajstić information content (AvgIpc) is 2.18. The maximum absolute atomic E-state index is 11.0. The first-order valence-electron chi connectivity index (χ1n) is 5.68. The van der Waals surface area contributed by atoms with Crippen molar-refractivity contribution < 1.29 is 4.79 Å². The predicted octanol–water partition coefficient (Wildman–Crippen LogP) is 1.37. The van der Waals surface area contributed by atoms with E-state index in [1.54, 1.807) is 0 Å². The van der Waals surface area contributed by atoms with Crippen molar-refractivity contribution in [3.8, 4) is 0 Å². The van der Waals surface area contributed by atoms with Crippen LogP contribution in [0.15, 0.2) is 0 Å². The number of hydrogen-bond acceptors (Lipinski definition) is 2. The SMILES string of the molecule is CCN1CCCCC1CC(C)C(N)=O. The smallest absolute Gasteiger partial charge is 0.220 e. The minimum atomic E-state index is -0.161. The Morgan fingerprint density at radius 2 is 2.29 bits per heavy atom. The number of nitrogens with zero attached hydrogens (tertiary/aromatic N) is 1. The number of nitrogens with two attached hydrogens (primary N) is 1. The van der Waals surface area contributed by atoms with Crippen molar-refractivity contribution in [3.05, 3.63) is 0 Å². The van der Waals surface area contributed by atoms with E-state index in [0.29, 0.717) is 6.04 Å². The van der Waals surface area contributed by atoms with Crippen LogP contribution >= 0.6 is 0 Å². The zero-order valence-corrected chi connectivity index (χ0v) is 9.33. The monoisotopic (exact) mass is 198 g/mol. The molecule has 0 spiro atoms. The predicted molar refractivity (Wildman–Crippen MR) is 57.9 cm³/mol. The van der Waals surface area contributed by atoms with Crippen LogP contribution in [0.2, 0.25) is 0 Å². The van der Waals surface area contributed by atoms with Gasteiger partial charge in [-0.05, 0) is 32.4 Å². The van der Waals surface area contributed by atoms with Crippen molar-refractivity contribution in [3.63, 3.8) is 0 Å². The Morgan fingerprint density at radius 3 is 2.86 bits per heavy atom. The van der Waals surface area contributed by atoms with Crippen LogP contribution in [0, 0.1) is 5.92 Å². The highest BCUT2D eigenvalue weighted by Gasteiger charge is 2.24. The van der Waals surface area contributed by atoms with E-state index in [1.165, 1.54) is 25.8 Å². The largest absolute Gasteiger partial charge is 0.369 e. The van der Waals surface area contributed by atoms with E-state index in [4.69, 9.17) is 5.73 Å². The maximum atomic E-state index is 11.0. The summed E-state index contributed by atoms with van der Waals surface area (Å²) in [6.45, 7) is 6.40. The van der Waals surface area contributed by atoms with Gasteiger partial charge in [0.1, 0.15) is 0 Å².